The number of carbonyl (C=O) groups is 1. The standard InChI is InChI=1S/C16H12F6O.C2H4O2/c17-13-5-1-11(2-6-13)15(19,20)9-23-10-16(21,22)12-3-7-14(18)8-4-12;1-2(3)4/h1-8H,9-10H2;1H3,(H,3,4). The van der Waals surface area contributed by atoms with Crippen molar-refractivity contribution >= 4 is 5.97 Å². The molecule has 0 aliphatic heterocycles. The maximum absolute atomic E-state index is 13.8. The molecule has 0 heterocycles. The fourth-order valence-corrected chi connectivity index (χ4v) is 1.86. The highest BCUT2D eigenvalue weighted by molar-refractivity contribution is 5.62. The van der Waals surface area contributed by atoms with E-state index in [9.17, 15) is 26.3 Å². The predicted octanol–water partition coefficient (Wildman–Crippen LogP) is 4.96. The third kappa shape index (κ3) is 7.69. The molecule has 2 aromatic rings. The number of ether oxygens (including phenoxy) is 1. The molecule has 3 nitrogen and oxygen atoms in total. The zero-order valence-electron chi connectivity index (χ0n) is 14.1. The number of benzene rings is 2. The fraction of sp³-hybridized carbons (Fsp3) is 0.278. The van der Waals surface area contributed by atoms with Gasteiger partial charge in [-0.2, -0.15) is 17.6 Å². The molecular formula is C18H16F6O3. The van der Waals surface area contributed by atoms with Crippen LogP contribution in [0, 0.1) is 11.6 Å². The second-order valence-electron chi connectivity index (χ2n) is 5.43. The van der Waals surface area contributed by atoms with Gasteiger partial charge in [0.25, 0.3) is 17.8 Å². The summed E-state index contributed by atoms with van der Waals surface area (Å²) in [7, 11) is 0. The molecular weight excluding hydrogens is 378 g/mol. The Bertz CT molecular complexity index is 668. The molecule has 0 aromatic heterocycles. The summed E-state index contributed by atoms with van der Waals surface area (Å²) in [4.78, 5) is 9.00. The van der Waals surface area contributed by atoms with Gasteiger partial charge in [0.05, 0.1) is 0 Å². The Balaban J connectivity index is 0.000000828. The number of carboxylic acid groups (broad SMARTS) is 1. The molecule has 0 saturated heterocycles. The molecule has 27 heavy (non-hydrogen) atoms. The van der Waals surface area contributed by atoms with Crippen LogP contribution in [0.4, 0.5) is 26.3 Å². The fourth-order valence-electron chi connectivity index (χ4n) is 1.86. The van der Waals surface area contributed by atoms with Crippen LogP contribution in [-0.2, 0) is 21.4 Å². The van der Waals surface area contributed by atoms with Gasteiger partial charge in [-0.1, -0.05) is 24.3 Å². The van der Waals surface area contributed by atoms with E-state index in [0.717, 1.165) is 55.5 Å². The molecule has 0 saturated carbocycles. The van der Waals surface area contributed by atoms with E-state index in [1.54, 1.807) is 0 Å². The molecule has 0 spiro atoms. The van der Waals surface area contributed by atoms with Crippen LogP contribution in [0.25, 0.3) is 0 Å². The van der Waals surface area contributed by atoms with E-state index < -0.39 is 53.8 Å². The van der Waals surface area contributed by atoms with Crippen molar-refractivity contribution in [3.63, 3.8) is 0 Å². The Hall–Kier alpha value is -2.55. The van der Waals surface area contributed by atoms with Crippen LogP contribution in [0.2, 0.25) is 0 Å². The molecule has 0 radical (unpaired) electrons. The number of rotatable bonds is 6. The van der Waals surface area contributed by atoms with E-state index >= 15 is 0 Å². The number of carboxylic acids is 1. The van der Waals surface area contributed by atoms with E-state index in [2.05, 4.69) is 4.74 Å². The molecule has 0 aliphatic rings. The topological polar surface area (TPSA) is 46.5 Å². The smallest absolute Gasteiger partial charge is 0.300 e. The van der Waals surface area contributed by atoms with Gasteiger partial charge in [-0.15, -0.1) is 0 Å². The molecule has 1 N–H and O–H groups in total. The first-order valence-electron chi connectivity index (χ1n) is 7.49. The van der Waals surface area contributed by atoms with Crippen molar-refractivity contribution in [2.75, 3.05) is 13.2 Å². The van der Waals surface area contributed by atoms with E-state index in [-0.39, 0.29) is 0 Å². The summed E-state index contributed by atoms with van der Waals surface area (Å²) >= 11 is 0. The maximum Gasteiger partial charge on any atom is 0.300 e. The van der Waals surface area contributed by atoms with E-state index in [0.29, 0.717) is 0 Å². The van der Waals surface area contributed by atoms with E-state index in [1.807, 2.05) is 0 Å². The molecule has 2 rings (SSSR count). The highest BCUT2D eigenvalue weighted by Crippen LogP contribution is 2.32. The Labute approximate surface area is 151 Å². The first kappa shape index (κ1) is 22.5. The van der Waals surface area contributed by atoms with Gasteiger partial charge in [-0.3, -0.25) is 4.79 Å². The number of hydrogen-bond acceptors (Lipinski definition) is 2. The van der Waals surface area contributed by atoms with Crippen molar-refractivity contribution in [2.45, 2.75) is 18.8 Å². The van der Waals surface area contributed by atoms with Crippen LogP contribution in [0.1, 0.15) is 18.1 Å². The molecule has 148 valence electrons. The molecule has 0 unspecified atom stereocenters. The lowest BCUT2D eigenvalue weighted by molar-refractivity contribution is -0.136. The van der Waals surface area contributed by atoms with Crippen LogP contribution >= 0.6 is 0 Å². The number of halogens is 6. The summed E-state index contributed by atoms with van der Waals surface area (Å²) in [6.07, 6.45) is 0. The normalized spacial score (nSPS) is 11.5. The van der Waals surface area contributed by atoms with Crippen molar-refractivity contribution in [2.24, 2.45) is 0 Å². The van der Waals surface area contributed by atoms with Crippen LogP contribution in [0.5, 0.6) is 0 Å². The monoisotopic (exact) mass is 394 g/mol. The summed E-state index contributed by atoms with van der Waals surface area (Å²) in [6.45, 7) is -1.48. The first-order chi connectivity index (χ1) is 12.4. The Morgan fingerprint density at radius 3 is 1.33 bits per heavy atom. The Morgan fingerprint density at radius 2 is 1.07 bits per heavy atom. The third-order valence-corrected chi connectivity index (χ3v) is 3.10. The minimum absolute atomic E-state index is 0.538. The summed E-state index contributed by atoms with van der Waals surface area (Å²) in [5.74, 6) is -9.28. The lowest BCUT2D eigenvalue weighted by Crippen LogP contribution is -2.27. The van der Waals surface area contributed by atoms with Crippen molar-refractivity contribution in [1.82, 2.24) is 0 Å². The van der Waals surface area contributed by atoms with Gasteiger partial charge in [0.2, 0.25) is 0 Å². The van der Waals surface area contributed by atoms with Gasteiger partial charge in [0.15, 0.2) is 0 Å². The molecule has 2 aromatic carbocycles. The minimum Gasteiger partial charge on any atom is -0.481 e. The average molecular weight is 394 g/mol. The molecule has 9 heteroatoms. The molecule has 0 bridgehead atoms. The average Bonchev–Trinajstić information content (AvgIpc) is 2.54. The minimum atomic E-state index is -3.54. The van der Waals surface area contributed by atoms with Crippen LogP contribution in [0.15, 0.2) is 48.5 Å². The van der Waals surface area contributed by atoms with Gasteiger partial charge in [-0.05, 0) is 24.3 Å². The van der Waals surface area contributed by atoms with E-state index in [1.165, 1.54) is 0 Å². The lowest BCUT2D eigenvalue weighted by Gasteiger charge is -2.20. The summed E-state index contributed by atoms with van der Waals surface area (Å²) in [5, 5.41) is 7.42. The van der Waals surface area contributed by atoms with Gasteiger partial charge in [-0.25, -0.2) is 8.78 Å². The van der Waals surface area contributed by atoms with Crippen molar-refractivity contribution in [1.29, 1.82) is 0 Å². The largest absolute Gasteiger partial charge is 0.481 e. The maximum atomic E-state index is 13.8. The predicted molar refractivity (Wildman–Crippen MR) is 84.7 cm³/mol. The van der Waals surface area contributed by atoms with Crippen molar-refractivity contribution in [3.8, 4) is 0 Å². The highest BCUT2D eigenvalue weighted by atomic mass is 19.3. The molecule has 0 aliphatic carbocycles. The molecule has 0 atom stereocenters. The van der Waals surface area contributed by atoms with Gasteiger partial charge in [0, 0.05) is 18.1 Å². The second kappa shape index (κ2) is 9.40. The number of aliphatic carboxylic acids is 1. The first-order valence-corrected chi connectivity index (χ1v) is 7.49. The SMILES string of the molecule is CC(=O)O.Fc1ccc(C(F)(F)COCC(F)(F)c2ccc(F)cc2)cc1. The number of hydrogen-bond donors (Lipinski definition) is 1. The summed E-state index contributed by atoms with van der Waals surface area (Å²) < 4.78 is 84.9. The highest BCUT2D eigenvalue weighted by Gasteiger charge is 2.36. The lowest BCUT2D eigenvalue weighted by atomic mass is 10.1. The quantitative estimate of drug-likeness (QED) is 0.705. The Kier molecular flexibility index (Phi) is 7.83. The van der Waals surface area contributed by atoms with Crippen LogP contribution in [-0.4, -0.2) is 24.3 Å². The van der Waals surface area contributed by atoms with Gasteiger partial charge < -0.3 is 9.84 Å². The zero-order valence-corrected chi connectivity index (χ0v) is 14.1. The zero-order chi connectivity index (χ0) is 20.7. The van der Waals surface area contributed by atoms with Crippen molar-refractivity contribution in [3.05, 3.63) is 71.3 Å². The number of alkyl halides is 4. The van der Waals surface area contributed by atoms with Crippen LogP contribution in [0.3, 0.4) is 0 Å². The van der Waals surface area contributed by atoms with Gasteiger partial charge in [0.1, 0.15) is 24.8 Å². The molecule has 0 amide bonds. The second-order valence-corrected chi connectivity index (χ2v) is 5.43. The van der Waals surface area contributed by atoms with Crippen molar-refractivity contribution < 1.29 is 41.0 Å². The van der Waals surface area contributed by atoms with Gasteiger partial charge >= 0.3 is 0 Å². The summed E-state index contributed by atoms with van der Waals surface area (Å²) in [6, 6.07) is 6.81. The summed E-state index contributed by atoms with van der Waals surface area (Å²) in [5.41, 5.74) is -1.08. The Morgan fingerprint density at radius 1 is 0.815 bits per heavy atom. The molecule has 0 fully saturated rings. The third-order valence-electron chi connectivity index (χ3n) is 3.10. The van der Waals surface area contributed by atoms with E-state index in [4.69, 9.17) is 9.90 Å². The van der Waals surface area contributed by atoms with Crippen LogP contribution < -0.4 is 0 Å².